The van der Waals surface area contributed by atoms with E-state index in [2.05, 4.69) is 0 Å². The highest BCUT2D eigenvalue weighted by atomic mass is 35.5. The standard InChI is InChI=1S/C17H17ClN2O4S/c18-14-11-3-1-2-4-12(11)25-15(14)17(23)24-9-13(21)20-7-5-10(6-8-20)16(19)22/h1-4,10H,5-9H2,(H2,19,22). The van der Waals surface area contributed by atoms with Crippen molar-refractivity contribution >= 4 is 50.8 Å². The minimum absolute atomic E-state index is 0.191. The molecule has 1 aliphatic heterocycles. The van der Waals surface area contributed by atoms with Crippen molar-refractivity contribution in [1.29, 1.82) is 0 Å². The highest BCUT2D eigenvalue weighted by Crippen LogP contribution is 2.35. The van der Waals surface area contributed by atoms with Crippen molar-refractivity contribution in [2.24, 2.45) is 11.7 Å². The molecule has 2 amide bonds. The second-order valence-corrected chi connectivity index (χ2v) is 7.31. The molecule has 0 bridgehead atoms. The molecular weight excluding hydrogens is 364 g/mol. The lowest BCUT2D eigenvalue weighted by Crippen LogP contribution is -2.43. The molecule has 1 fully saturated rings. The maximum Gasteiger partial charge on any atom is 0.350 e. The number of hydrogen-bond donors (Lipinski definition) is 1. The molecule has 2 heterocycles. The topological polar surface area (TPSA) is 89.7 Å². The molecule has 0 saturated carbocycles. The second-order valence-electron chi connectivity index (χ2n) is 5.87. The van der Waals surface area contributed by atoms with E-state index in [1.165, 1.54) is 11.3 Å². The summed E-state index contributed by atoms with van der Waals surface area (Å²) in [4.78, 5) is 37.4. The lowest BCUT2D eigenvalue weighted by molar-refractivity contribution is -0.137. The molecule has 8 heteroatoms. The van der Waals surface area contributed by atoms with Crippen LogP contribution >= 0.6 is 22.9 Å². The second kappa shape index (κ2) is 7.41. The summed E-state index contributed by atoms with van der Waals surface area (Å²) in [5.74, 6) is -1.41. The summed E-state index contributed by atoms with van der Waals surface area (Å²) in [5, 5.41) is 1.14. The SMILES string of the molecule is NC(=O)C1CCN(C(=O)COC(=O)c2sc3ccccc3c2Cl)CC1. The first-order chi connectivity index (χ1) is 12.0. The van der Waals surface area contributed by atoms with Crippen molar-refractivity contribution in [2.45, 2.75) is 12.8 Å². The first-order valence-corrected chi connectivity index (χ1v) is 9.08. The van der Waals surface area contributed by atoms with Gasteiger partial charge in [0.15, 0.2) is 6.61 Å². The Labute approximate surface area is 153 Å². The van der Waals surface area contributed by atoms with Crippen LogP contribution in [0, 0.1) is 5.92 Å². The van der Waals surface area contributed by atoms with Crippen molar-refractivity contribution in [1.82, 2.24) is 4.90 Å². The molecule has 132 valence electrons. The van der Waals surface area contributed by atoms with E-state index in [9.17, 15) is 14.4 Å². The minimum atomic E-state index is -0.605. The van der Waals surface area contributed by atoms with Crippen LogP contribution in [0.3, 0.4) is 0 Å². The number of nitrogens with two attached hydrogens (primary N) is 1. The lowest BCUT2D eigenvalue weighted by atomic mass is 9.96. The monoisotopic (exact) mass is 380 g/mol. The molecule has 0 atom stereocenters. The number of nitrogens with zero attached hydrogens (tertiary/aromatic N) is 1. The first kappa shape index (κ1) is 17.7. The minimum Gasteiger partial charge on any atom is -0.451 e. The van der Waals surface area contributed by atoms with Crippen LogP contribution in [-0.2, 0) is 14.3 Å². The van der Waals surface area contributed by atoms with Gasteiger partial charge >= 0.3 is 5.97 Å². The quantitative estimate of drug-likeness (QED) is 0.825. The van der Waals surface area contributed by atoms with Gasteiger partial charge in [0.05, 0.1) is 5.02 Å². The fourth-order valence-electron chi connectivity index (χ4n) is 2.84. The van der Waals surface area contributed by atoms with Gasteiger partial charge in [-0.3, -0.25) is 9.59 Å². The average molecular weight is 381 g/mol. The number of fused-ring (bicyclic) bond motifs is 1. The number of ether oxygens (including phenoxy) is 1. The predicted molar refractivity (Wildman–Crippen MR) is 95.6 cm³/mol. The van der Waals surface area contributed by atoms with Crippen LogP contribution in [0.2, 0.25) is 5.02 Å². The number of halogens is 1. The van der Waals surface area contributed by atoms with E-state index in [0.717, 1.165) is 10.1 Å². The highest BCUT2D eigenvalue weighted by molar-refractivity contribution is 7.21. The van der Waals surface area contributed by atoms with Crippen molar-refractivity contribution in [3.8, 4) is 0 Å². The number of amides is 2. The fraction of sp³-hybridized carbons (Fsp3) is 0.353. The Hall–Kier alpha value is -2.12. The number of carbonyl (C=O) groups is 3. The van der Waals surface area contributed by atoms with Gasteiger partial charge in [0.1, 0.15) is 4.88 Å². The predicted octanol–water partition coefficient (Wildman–Crippen LogP) is 2.44. The van der Waals surface area contributed by atoms with Gasteiger partial charge in [0.2, 0.25) is 5.91 Å². The largest absolute Gasteiger partial charge is 0.451 e. The molecule has 2 N–H and O–H groups in total. The van der Waals surface area contributed by atoms with Crippen LogP contribution in [-0.4, -0.2) is 42.4 Å². The molecular formula is C17H17ClN2O4S. The van der Waals surface area contributed by atoms with Crippen LogP contribution in [0.1, 0.15) is 22.5 Å². The van der Waals surface area contributed by atoms with Crippen molar-refractivity contribution in [3.63, 3.8) is 0 Å². The third-order valence-corrected chi connectivity index (χ3v) is 5.95. The van der Waals surface area contributed by atoms with Gasteiger partial charge in [-0.15, -0.1) is 11.3 Å². The Morgan fingerprint density at radius 1 is 1.24 bits per heavy atom. The average Bonchev–Trinajstić information content (AvgIpc) is 2.96. The molecule has 25 heavy (non-hydrogen) atoms. The number of hydrogen-bond acceptors (Lipinski definition) is 5. The van der Waals surface area contributed by atoms with Crippen LogP contribution in [0.5, 0.6) is 0 Å². The Morgan fingerprint density at radius 3 is 2.56 bits per heavy atom. The van der Waals surface area contributed by atoms with Gasteiger partial charge in [-0.2, -0.15) is 0 Å². The zero-order valence-electron chi connectivity index (χ0n) is 13.4. The van der Waals surface area contributed by atoms with Gasteiger partial charge in [-0.25, -0.2) is 4.79 Å². The number of benzene rings is 1. The van der Waals surface area contributed by atoms with Gasteiger partial charge in [0, 0.05) is 29.1 Å². The van der Waals surface area contributed by atoms with E-state index >= 15 is 0 Å². The number of primary amides is 1. The zero-order chi connectivity index (χ0) is 18.0. The van der Waals surface area contributed by atoms with Crippen LogP contribution in [0.15, 0.2) is 24.3 Å². The van der Waals surface area contributed by atoms with E-state index in [1.807, 2.05) is 24.3 Å². The normalized spacial score (nSPS) is 15.3. The number of carbonyl (C=O) groups excluding carboxylic acids is 3. The number of piperidine rings is 1. The number of thiophene rings is 1. The molecule has 0 radical (unpaired) electrons. The van der Waals surface area contributed by atoms with Crippen LogP contribution in [0.4, 0.5) is 0 Å². The summed E-state index contributed by atoms with van der Waals surface area (Å²) in [5.41, 5.74) is 5.27. The Balaban J connectivity index is 1.57. The van der Waals surface area contributed by atoms with E-state index in [4.69, 9.17) is 22.1 Å². The van der Waals surface area contributed by atoms with Gasteiger partial charge in [-0.1, -0.05) is 29.8 Å². The summed E-state index contributed by atoms with van der Waals surface area (Å²) in [6.45, 7) is 0.534. The summed E-state index contributed by atoms with van der Waals surface area (Å²) >= 11 is 7.47. The smallest absolute Gasteiger partial charge is 0.350 e. The molecule has 1 aliphatic rings. The van der Waals surface area contributed by atoms with E-state index in [0.29, 0.717) is 35.8 Å². The third-order valence-electron chi connectivity index (χ3n) is 4.30. The summed E-state index contributed by atoms with van der Waals surface area (Å²) < 4.78 is 6.02. The first-order valence-electron chi connectivity index (χ1n) is 7.88. The number of rotatable bonds is 4. The summed E-state index contributed by atoms with van der Waals surface area (Å²) in [6, 6.07) is 7.41. The maximum atomic E-state index is 12.2. The molecule has 3 rings (SSSR count). The molecule has 1 aromatic heterocycles. The third kappa shape index (κ3) is 3.77. The van der Waals surface area contributed by atoms with E-state index in [-0.39, 0.29) is 24.3 Å². The molecule has 0 unspecified atom stereocenters. The Bertz CT molecular complexity index is 827. The Kier molecular flexibility index (Phi) is 5.24. The van der Waals surface area contributed by atoms with Crippen LogP contribution in [0.25, 0.3) is 10.1 Å². The molecule has 0 aliphatic carbocycles. The highest BCUT2D eigenvalue weighted by Gasteiger charge is 2.27. The van der Waals surface area contributed by atoms with Crippen molar-refractivity contribution in [2.75, 3.05) is 19.7 Å². The molecule has 1 aromatic carbocycles. The fourth-order valence-corrected chi connectivity index (χ4v) is 4.24. The van der Waals surface area contributed by atoms with Gasteiger partial charge in [-0.05, 0) is 18.9 Å². The lowest BCUT2D eigenvalue weighted by Gasteiger charge is -2.30. The van der Waals surface area contributed by atoms with Gasteiger partial charge < -0.3 is 15.4 Å². The zero-order valence-corrected chi connectivity index (χ0v) is 14.9. The summed E-state index contributed by atoms with van der Waals surface area (Å²) in [6.07, 6.45) is 1.08. The summed E-state index contributed by atoms with van der Waals surface area (Å²) in [7, 11) is 0. The van der Waals surface area contributed by atoms with Crippen molar-refractivity contribution in [3.05, 3.63) is 34.2 Å². The maximum absolute atomic E-state index is 12.2. The van der Waals surface area contributed by atoms with E-state index < -0.39 is 5.97 Å². The Morgan fingerprint density at radius 2 is 1.92 bits per heavy atom. The number of likely N-dealkylation sites (tertiary alicyclic amines) is 1. The molecule has 1 saturated heterocycles. The molecule has 0 spiro atoms. The molecule has 2 aromatic rings. The number of esters is 1. The van der Waals surface area contributed by atoms with Gasteiger partial charge in [0.25, 0.3) is 5.91 Å². The van der Waals surface area contributed by atoms with Crippen molar-refractivity contribution < 1.29 is 19.1 Å². The molecule has 6 nitrogen and oxygen atoms in total. The van der Waals surface area contributed by atoms with E-state index in [1.54, 1.807) is 4.90 Å². The van der Waals surface area contributed by atoms with Crippen LogP contribution < -0.4 is 5.73 Å².